The number of methoxy groups -OCH3 is 1. The largest absolute Gasteiger partial charge is 0.741 e. The summed E-state index contributed by atoms with van der Waals surface area (Å²) in [6, 6.07) is 12.6. The molecule has 3 aromatic rings. The average molecular weight is 405 g/mol. The first-order valence-corrected chi connectivity index (χ1v) is 9.36. The molecule has 0 spiro atoms. The minimum atomic E-state index is -6.09. The van der Waals surface area contributed by atoms with Crippen LogP contribution in [0, 0.1) is 0 Å². The molecule has 0 aliphatic heterocycles. The van der Waals surface area contributed by atoms with Crippen LogP contribution in [0.4, 0.5) is 13.2 Å². The van der Waals surface area contributed by atoms with Crippen LogP contribution in [0.1, 0.15) is 0 Å². The van der Waals surface area contributed by atoms with E-state index in [1.54, 1.807) is 18.4 Å². The smallest absolute Gasteiger partial charge is 0.485 e. The number of benzene rings is 1. The van der Waals surface area contributed by atoms with Gasteiger partial charge in [-0.1, -0.05) is 18.2 Å². The predicted molar refractivity (Wildman–Crippen MR) is 90.7 cm³/mol. The molecule has 5 nitrogen and oxygen atoms in total. The van der Waals surface area contributed by atoms with E-state index in [0.29, 0.717) is 0 Å². The van der Waals surface area contributed by atoms with Crippen LogP contribution in [0.2, 0.25) is 0 Å². The highest BCUT2D eigenvalue weighted by molar-refractivity contribution is 7.86. The number of ether oxygens (including phenoxy) is 1. The minimum absolute atomic E-state index is 0.917. The average Bonchev–Trinajstić information content (AvgIpc) is 3.06. The molecule has 1 aromatic carbocycles. The summed E-state index contributed by atoms with van der Waals surface area (Å²) in [6.45, 7) is 0. The normalized spacial score (nSPS) is 11.8. The number of alkyl halides is 3. The molecule has 2 aromatic heterocycles. The molecule has 0 unspecified atom stereocenters. The highest BCUT2D eigenvalue weighted by atomic mass is 32.2. The standard InChI is InChI=1S/C15H14NOS.CHF3O3S/c1-16-10-12-11(5-3-6-14(12)17-2)9-13(16)15-7-4-8-18-15;2-1(3,4)8(5,6)7/h3-10H,1-2H3;(H,5,6,7)/q+1;/p-1. The maximum atomic E-state index is 10.7. The van der Waals surface area contributed by atoms with Crippen LogP contribution in [0.15, 0.2) is 48.0 Å². The number of hydrogen-bond donors (Lipinski definition) is 0. The highest BCUT2D eigenvalue weighted by Gasteiger charge is 2.36. The zero-order valence-electron chi connectivity index (χ0n) is 13.6. The Morgan fingerprint density at radius 1 is 1.19 bits per heavy atom. The first-order valence-electron chi connectivity index (χ1n) is 7.07. The van der Waals surface area contributed by atoms with Gasteiger partial charge in [0.1, 0.15) is 12.8 Å². The van der Waals surface area contributed by atoms with Gasteiger partial charge in [0, 0.05) is 6.07 Å². The Hall–Kier alpha value is -2.17. The first-order chi connectivity index (χ1) is 12.0. The van der Waals surface area contributed by atoms with Crippen LogP contribution in [0.5, 0.6) is 5.75 Å². The van der Waals surface area contributed by atoms with Crippen molar-refractivity contribution in [1.29, 1.82) is 0 Å². The van der Waals surface area contributed by atoms with Crippen molar-refractivity contribution in [3.05, 3.63) is 48.0 Å². The Bertz CT molecular complexity index is 1000. The molecule has 10 heteroatoms. The van der Waals surface area contributed by atoms with Crippen molar-refractivity contribution in [2.75, 3.05) is 7.11 Å². The second-order valence-electron chi connectivity index (χ2n) is 5.11. The third-order valence-corrected chi connectivity index (χ3v) is 4.83. The monoisotopic (exact) mass is 405 g/mol. The van der Waals surface area contributed by atoms with Crippen LogP contribution in [-0.2, 0) is 17.2 Å². The molecular weight excluding hydrogens is 391 g/mol. The molecule has 3 rings (SSSR count). The van der Waals surface area contributed by atoms with Crippen LogP contribution >= 0.6 is 11.3 Å². The van der Waals surface area contributed by atoms with E-state index in [1.807, 2.05) is 12.1 Å². The Morgan fingerprint density at radius 2 is 1.85 bits per heavy atom. The van der Waals surface area contributed by atoms with Gasteiger partial charge in [-0.3, -0.25) is 0 Å². The fourth-order valence-corrected chi connectivity index (χ4v) is 2.97. The Balaban J connectivity index is 0.000000260. The Morgan fingerprint density at radius 3 is 2.35 bits per heavy atom. The van der Waals surface area contributed by atoms with Gasteiger partial charge in [0.15, 0.2) is 16.3 Å². The van der Waals surface area contributed by atoms with Gasteiger partial charge in [-0.25, -0.2) is 8.42 Å². The van der Waals surface area contributed by atoms with Crippen LogP contribution < -0.4 is 9.30 Å². The quantitative estimate of drug-likeness (QED) is 0.372. The van der Waals surface area contributed by atoms with E-state index in [2.05, 4.69) is 47.5 Å². The second kappa shape index (κ2) is 7.60. The van der Waals surface area contributed by atoms with Crippen molar-refractivity contribution in [3.8, 4) is 16.3 Å². The summed E-state index contributed by atoms with van der Waals surface area (Å²) in [5.41, 5.74) is -4.42. The number of nitrogens with zero attached hydrogens (tertiary/aromatic N) is 1. The van der Waals surface area contributed by atoms with Crippen LogP contribution in [0.25, 0.3) is 21.3 Å². The number of thiophene rings is 1. The van der Waals surface area contributed by atoms with Crippen LogP contribution in [-0.4, -0.2) is 25.6 Å². The minimum Gasteiger partial charge on any atom is -0.741 e. The highest BCUT2D eigenvalue weighted by Crippen LogP contribution is 2.28. The summed E-state index contributed by atoms with van der Waals surface area (Å²) in [4.78, 5) is 1.28. The van der Waals surface area contributed by atoms with Gasteiger partial charge >= 0.3 is 5.51 Å². The number of pyridine rings is 1. The molecule has 2 heterocycles. The number of rotatable bonds is 2. The van der Waals surface area contributed by atoms with Crippen molar-refractivity contribution in [2.45, 2.75) is 5.51 Å². The van der Waals surface area contributed by atoms with Gasteiger partial charge in [-0.15, -0.1) is 11.3 Å². The van der Waals surface area contributed by atoms with Gasteiger partial charge < -0.3 is 9.29 Å². The number of hydrogen-bond acceptors (Lipinski definition) is 5. The van der Waals surface area contributed by atoms with Gasteiger partial charge in [-0.2, -0.15) is 17.7 Å². The van der Waals surface area contributed by atoms with Crippen molar-refractivity contribution < 1.29 is 35.4 Å². The lowest BCUT2D eigenvalue weighted by Gasteiger charge is -2.08. The summed E-state index contributed by atoms with van der Waals surface area (Å²) in [5, 5.41) is 4.45. The molecule has 0 bridgehead atoms. The summed E-state index contributed by atoms with van der Waals surface area (Å²) in [6.07, 6.45) is 2.13. The first kappa shape index (κ1) is 20.1. The fraction of sp³-hybridized carbons (Fsp3) is 0.188. The number of aryl methyl sites for hydroxylation is 1. The van der Waals surface area contributed by atoms with E-state index in [1.165, 1.54) is 16.0 Å². The zero-order valence-corrected chi connectivity index (χ0v) is 15.3. The van der Waals surface area contributed by atoms with E-state index in [4.69, 9.17) is 17.7 Å². The SMILES string of the molecule is COc1cccc2cc(-c3cccs3)[n+](C)cc12.O=S(=O)([O-])C(F)(F)F. The number of fused-ring (bicyclic) bond motifs is 1. The summed E-state index contributed by atoms with van der Waals surface area (Å²) in [5.74, 6) is 0.917. The summed E-state index contributed by atoms with van der Waals surface area (Å²) in [7, 11) is -2.31. The molecule has 0 aliphatic carbocycles. The van der Waals surface area contributed by atoms with E-state index in [0.717, 1.165) is 11.1 Å². The lowest BCUT2D eigenvalue weighted by molar-refractivity contribution is -0.658. The van der Waals surface area contributed by atoms with Gasteiger partial charge in [0.25, 0.3) is 0 Å². The topological polar surface area (TPSA) is 70.3 Å². The van der Waals surface area contributed by atoms with Gasteiger partial charge in [0.2, 0.25) is 5.69 Å². The molecular formula is C16H14F3NO4S2. The van der Waals surface area contributed by atoms with E-state index in [-0.39, 0.29) is 0 Å². The van der Waals surface area contributed by atoms with E-state index in [9.17, 15) is 13.2 Å². The van der Waals surface area contributed by atoms with Gasteiger partial charge in [-0.05, 0) is 22.9 Å². The lowest BCUT2D eigenvalue weighted by atomic mass is 10.1. The summed E-state index contributed by atoms with van der Waals surface area (Å²) >= 11 is 1.76. The predicted octanol–water partition coefficient (Wildman–Crippen LogP) is 3.45. The molecule has 0 saturated heterocycles. The molecule has 0 fully saturated rings. The van der Waals surface area contributed by atoms with Crippen molar-refractivity contribution in [2.24, 2.45) is 7.05 Å². The van der Waals surface area contributed by atoms with Crippen molar-refractivity contribution >= 4 is 32.2 Å². The lowest BCUT2D eigenvalue weighted by Crippen LogP contribution is -2.30. The third-order valence-electron chi connectivity index (χ3n) is 3.37. The van der Waals surface area contributed by atoms with E-state index >= 15 is 0 Å². The van der Waals surface area contributed by atoms with Gasteiger partial charge in [0.05, 0.1) is 17.4 Å². The molecule has 140 valence electrons. The van der Waals surface area contributed by atoms with Crippen molar-refractivity contribution in [3.63, 3.8) is 0 Å². The third kappa shape index (κ3) is 4.51. The fourth-order valence-electron chi connectivity index (χ4n) is 2.18. The second-order valence-corrected chi connectivity index (χ2v) is 7.43. The molecule has 0 aliphatic rings. The molecule has 0 N–H and O–H groups in total. The van der Waals surface area contributed by atoms with Crippen molar-refractivity contribution in [1.82, 2.24) is 0 Å². The number of aromatic nitrogens is 1. The Labute approximate surface area is 152 Å². The molecule has 0 amide bonds. The molecule has 0 radical (unpaired) electrons. The number of halogens is 3. The Kier molecular flexibility index (Phi) is 5.89. The maximum absolute atomic E-state index is 10.7. The van der Waals surface area contributed by atoms with E-state index < -0.39 is 15.6 Å². The molecule has 26 heavy (non-hydrogen) atoms. The zero-order chi connectivity index (χ0) is 19.5. The molecule has 0 saturated carbocycles. The maximum Gasteiger partial charge on any atom is 0.485 e. The summed E-state index contributed by atoms with van der Waals surface area (Å²) < 4.78 is 66.5. The molecule has 0 atom stereocenters. The van der Waals surface area contributed by atoms with Crippen LogP contribution in [0.3, 0.4) is 0 Å².